The summed E-state index contributed by atoms with van der Waals surface area (Å²) in [6, 6.07) is 9.37. The van der Waals surface area contributed by atoms with Gasteiger partial charge >= 0.3 is 6.18 Å². The molecule has 1 aliphatic heterocycles. The van der Waals surface area contributed by atoms with Crippen molar-refractivity contribution in [3.8, 4) is 0 Å². The number of hydrogen-bond acceptors (Lipinski definition) is 2. The Balaban J connectivity index is 2.02. The van der Waals surface area contributed by atoms with E-state index in [1.807, 2.05) is 30.3 Å². The average molecular weight is 277 g/mol. The van der Waals surface area contributed by atoms with Crippen LogP contribution in [0.1, 0.15) is 5.56 Å². The first-order valence-electron chi connectivity index (χ1n) is 5.03. The molecule has 0 N–H and O–H groups in total. The van der Waals surface area contributed by atoms with E-state index in [9.17, 15) is 13.2 Å². The molecule has 17 heavy (non-hydrogen) atoms. The third-order valence-electron chi connectivity index (χ3n) is 2.47. The van der Waals surface area contributed by atoms with Gasteiger partial charge in [-0.15, -0.1) is 0 Å². The first-order valence-corrected chi connectivity index (χ1v) is 6.32. The lowest BCUT2D eigenvalue weighted by Crippen LogP contribution is -2.31. The summed E-state index contributed by atoms with van der Waals surface area (Å²) < 4.78 is 37.9. The summed E-state index contributed by atoms with van der Waals surface area (Å²) in [4.78, 5) is 1.60. The predicted molar refractivity (Wildman–Crippen MR) is 66.9 cm³/mol. The van der Waals surface area contributed by atoms with Gasteiger partial charge in [-0.25, -0.2) is 0 Å². The van der Waals surface area contributed by atoms with Gasteiger partial charge in [0, 0.05) is 13.1 Å². The molecular formula is C11H10F3NS2. The fraction of sp³-hybridized carbons (Fsp3) is 0.364. The highest BCUT2D eigenvalue weighted by molar-refractivity contribution is 8.23. The molecule has 1 saturated heterocycles. The van der Waals surface area contributed by atoms with Crippen molar-refractivity contribution < 1.29 is 13.2 Å². The van der Waals surface area contributed by atoms with E-state index in [0.29, 0.717) is 10.9 Å². The monoisotopic (exact) mass is 277 g/mol. The molecular weight excluding hydrogens is 267 g/mol. The number of benzene rings is 1. The van der Waals surface area contributed by atoms with Crippen LogP contribution in [0, 0.1) is 0 Å². The largest absolute Gasteiger partial charge is 0.402 e. The first kappa shape index (κ1) is 12.7. The summed E-state index contributed by atoms with van der Waals surface area (Å²) >= 11 is 5.71. The molecule has 1 aliphatic rings. The number of alkyl halides is 3. The molecule has 0 aliphatic carbocycles. The maximum Gasteiger partial charge on any atom is 0.402 e. The molecule has 0 radical (unpaired) electrons. The zero-order valence-electron chi connectivity index (χ0n) is 8.78. The SMILES string of the molecule is FC(F)(F)C1CN(Cc2ccccc2)C(=S)S1. The van der Waals surface area contributed by atoms with Crippen molar-refractivity contribution in [3.63, 3.8) is 0 Å². The van der Waals surface area contributed by atoms with Gasteiger partial charge in [0.15, 0.2) is 0 Å². The van der Waals surface area contributed by atoms with Gasteiger partial charge < -0.3 is 4.90 Å². The number of halogens is 3. The van der Waals surface area contributed by atoms with Crippen molar-refractivity contribution in [2.45, 2.75) is 18.0 Å². The number of hydrogen-bond donors (Lipinski definition) is 0. The zero-order chi connectivity index (χ0) is 12.5. The molecule has 2 rings (SSSR count). The van der Waals surface area contributed by atoms with Crippen LogP contribution in [0.3, 0.4) is 0 Å². The normalized spacial score (nSPS) is 21.0. The Bertz CT molecular complexity index is 405. The van der Waals surface area contributed by atoms with Gasteiger partial charge in [-0.3, -0.25) is 0 Å². The molecule has 0 spiro atoms. The van der Waals surface area contributed by atoms with Crippen LogP contribution in [-0.4, -0.2) is 27.2 Å². The van der Waals surface area contributed by atoms with Crippen molar-refractivity contribution in [2.24, 2.45) is 0 Å². The van der Waals surface area contributed by atoms with Crippen molar-refractivity contribution in [3.05, 3.63) is 35.9 Å². The van der Waals surface area contributed by atoms with Crippen LogP contribution in [0.4, 0.5) is 13.2 Å². The van der Waals surface area contributed by atoms with E-state index < -0.39 is 11.4 Å². The maximum atomic E-state index is 12.5. The third-order valence-corrected chi connectivity index (χ3v) is 4.18. The molecule has 92 valence electrons. The molecule has 1 aromatic rings. The second-order valence-corrected chi connectivity index (χ2v) is 5.62. The fourth-order valence-corrected chi connectivity index (χ4v) is 3.02. The average Bonchev–Trinajstić information content (AvgIpc) is 2.62. The Labute approximate surface area is 107 Å². The Morgan fingerprint density at radius 1 is 1.29 bits per heavy atom. The lowest BCUT2D eigenvalue weighted by Gasteiger charge is -2.18. The molecule has 6 heteroatoms. The Morgan fingerprint density at radius 2 is 1.94 bits per heavy atom. The smallest absolute Gasteiger partial charge is 0.352 e. The van der Waals surface area contributed by atoms with Gasteiger partial charge in [0.05, 0.1) is 0 Å². The van der Waals surface area contributed by atoms with Crippen LogP contribution in [0.2, 0.25) is 0 Å². The standard InChI is InChI=1S/C11H10F3NS2/c12-11(13,14)9-7-15(10(16)17-9)6-8-4-2-1-3-5-8/h1-5,9H,6-7H2. The highest BCUT2D eigenvalue weighted by atomic mass is 32.2. The van der Waals surface area contributed by atoms with E-state index in [0.717, 1.165) is 17.3 Å². The van der Waals surface area contributed by atoms with Gasteiger partial charge in [0.25, 0.3) is 0 Å². The fourth-order valence-electron chi connectivity index (χ4n) is 1.61. The summed E-state index contributed by atoms with van der Waals surface area (Å²) in [5.74, 6) is 0. The van der Waals surface area contributed by atoms with Crippen LogP contribution in [0.25, 0.3) is 0 Å². The molecule has 1 heterocycles. The van der Waals surface area contributed by atoms with Crippen LogP contribution in [-0.2, 0) is 6.54 Å². The van der Waals surface area contributed by atoms with E-state index >= 15 is 0 Å². The van der Waals surface area contributed by atoms with Crippen LogP contribution in [0.15, 0.2) is 30.3 Å². The number of thioether (sulfide) groups is 1. The van der Waals surface area contributed by atoms with Crippen molar-refractivity contribution >= 4 is 28.3 Å². The van der Waals surface area contributed by atoms with E-state index in [4.69, 9.17) is 12.2 Å². The number of rotatable bonds is 2. The molecule has 1 aromatic carbocycles. The molecule has 1 unspecified atom stereocenters. The van der Waals surface area contributed by atoms with Crippen molar-refractivity contribution in [2.75, 3.05) is 6.54 Å². The molecule has 0 saturated carbocycles. The van der Waals surface area contributed by atoms with Crippen LogP contribution in [0.5, 0.6) is 0 Å². The van der Waals surface area contributed by atoms with Gasteiger partial charge in [0.2, 0.25) is 0 Å². The Hall–Kier alpha value is -0.750. The summed E-state index contributed by atoms with van der Waals surface area (Å²) in [6.45, 7) is 0.390. The summed E-state index contributed by atoms with van der Waals surface area (Å²) in [7, 11) is 0. The van der Waals surface area contributed by atoms with Crippen molar-refractivity contribution in [1.82, 2.24) is 4.90 Å². The minimum atomic E-state index is -4.18. The van der Waals surface area contributed by atoms with Crippen molar-refractivity contribution in [1.29, 1.82) is 0 Å². The third kappa shape index (κ3) is 3.13. The molecule has 1 nitrogen and oxygen atoms in total. The number of thiocarbonyl (C=S) groups is 1. The summed E-state index contributed by atoms with van der Waals surface area (Å²) in [5, 5.41) is -1.39. The summed E-state index contributed by atoms with van der Waals surface area (Å²) in [6.07, 6.45) is -4.18. The lowest BCUT2D eigenvalue weighted by molar-refractivity contribution is -0.129. The second-order valence-electron chi connectivity index (χ2n) is 3.78. The highest BCUT2D eigenvalue weighted by Gasteiger charge is 2.46. The van der Waals surface area contributed by atoms with E-state index in [2.05, 4.69) is 0 Å². The summed E-state index contributed by atoms with van der Waals surface area (Å²) in [5.41, 5.74) is 0.971. The predicted octanol–water partition coefficient (Wildman–Crippen LogP) is 3.45. The van der Waals surface area contributed by atoms with E-state index in [1.54, 1.807) is 4.90 Å². The van der Waals surface area contributed by atoms with Gasteiger partial charge in [-0.1, -0.05) is 54.3 Å². The van der Waals surface area contributed by atoms with Crippen LogP contribution < -0.4 is 0 Å². The molecule has 0 amide bonds. The topological polar surface area (TPSA) is 3.24 Å². The maximum absolute atomic E-state index is 12.5. The Kier molecular flexibility index (Phi) is 3.63. The zero-order valence-corrected chi connectivity index (χ0v) is 10.4. The van der Waals surface area contributed by atoms with Crippen LogP contribution >= 0.6 is 24.0 Å². The minimum Gasteiger partial charge on any atom is -0.352 e. The molecule has 1 atom stereocenters. The van der Waals surface area contributed by atoms with E-state index in [1.165, 1.54) is 0 Å². The molecule has 0 bridgehead atoms. The minimum absolute atomic E-state index is 0.0537. The first-order chi connectivity index (χ1) is 7.97. The number of nitrogens with zero attached hydrogens (tertiary/aromatic N) is 1. The molecule has 0 aromatic heterocycles. The quantitative estimate of drug-likeness (QED) is 0.762. The second kappa shape index (κ2) is 4.86. The lowest BCUT2D eigenvalue weighted by atomic mass is 10.2. The Morgan fingerprint density at radius 3 is 2.47 bits per heavy atom. The van der Waals surface area contributed by atoms with Gasteiger partial charge in [0.1, 0.15) is 9.57 Å². The van der Waals surface area contributed by atoms with Gasteiger partial charge in [-0.05, 0) is 5.56 Å². The molecule has 1 fully saturated rings. The van der Waals surface area contributed by atoms with E-state index in [-0.39, 0.29) is 6.54 Å². The van der Waals surface area contributed by atoms with Gasteiger partial charge in [-0.2, -0.15) is 13.2 Å². The highest BCUT2D eigenvalue weighted by Crippen LogP contribution is 2.38.